The van der Waals surface area contributed by atoms with E-state index in [2.05, 4.69) is 0 Å². The Kier molecular flexibility index (Phi) is 6.41. The van der Waals surface area contributed by atoms with E-state index in [9.17, 15) is 9.18 Å². The van der Waals surface area contributed by atoms with Crippen molar-refractivity contribution in [3.63, 3.8) is 0 Å². The first-order valence-corrected chi connectivity index (χ1v) is 7.80. The van der Waals surface area contributed by atoms with Crippen LogP contribution in [0.25, 0.3) is 0 Å². The van der Waals surface area contributed by atoms with Crippen LogP contribution in [0.5, 0.6) is 5.75 Å². The Balaban J connectivity index is 1.72. The number of rotatable bonds is 7. The lowest BCUT2D eigenvalue weighted by molar-refractivity contribution is -0.130. The van der Waals surface area contributed by atoms with Crippen molar-refractivity contribution < 1.29 is 13.9 Å². The summed E-state index contributed by atoms with van der Waals surface area (Å²) < 4.78 is 18.3. The predicted octanol–water partition coefficient (Wildman–Crippen LogP) is 3.95. The molecule has 3 nitrogen and oxygen atoms in total. The van der Waals surface area contributed by atoms with Crippen LogP contribution in [0.4, 0.5) is 4.39 Å². The van der Waals surface area contributed by atoms with Crippen molar-refractivity contribution >= 4 is 17.5 Å². The Hall–Kier alpha value is -2.07. The van der Waals surface area contributed by atoms with E-state index in [1.54, 1.807) is 24.1 Å². The van der Waals surface area contributed by atoms with Gasteiger partial charge >= 0.3 is 0 Å². The summed E-state index contributed by atoms with van der Waals surface area (Å²) in [5.41, 5.74) is 0.971. The second kappa shape index (κ2) is 8.53. The van der Waals surface area contributed by atoms with Crippen LogP contribution in [0.1, 0.15) is 12.0 Å². The Morgan fingerprint density at radius 3 is 2.57 bits per heavy atom. The van der Waals surface area contributed by atoms with Gasteiger partial charge in [-0.25, -0.2) is 4.39 Å². The van der Waals surface area contributed by atoms with Crippen LogP contribution >= 0.6 is 11.6 Å². The number of carbonyl (C=O) groups is 1. The van der Waals surface area contributed by atoms with Crippen LogP contribution in [0.3, 0.4) is 0 Å². The molecular weight excluding hydrogens is 317 g/mol. The van der Waals surface area contributed by atoms with E-state index in [-0.39, 0.29) is 11.7 Å². The lowest BCUT2D eigenvalue weighted by atomic mass is 10.1. The molecule has 122 valence electrons. The molecule has 0 aromatic heterocycles. The smallest absolute Gasteiger partial charge is 0.222 e. The van der Waals surface area contributed by atoms with Crippen molar-refractivity contribution in [1.29, 1.82) is 0 Å². The summed E-state index contributed by atoms with van der Waals surface area (Å²) in [5.74, 6) is 0.320. The van der Waals surface area contributed by atoms with Gasteiger partial charge in [-0.3, -0.25) is 4.79 Å². The fourth-order valence-corrected chi connectivity index (χ4v) is 2.32. The number of ether oxygens (including phenoxy) is 1. The van der Waals surface area contributed by atoms with Crippen molar-refractivity contribution in [3.8, 4) is 5.75 Å². The van der Waals surface area contributed by atoms with Crippen LogP contribution < -0.4 is 4.74 Å². The number of carbonyl (C=O) groups excluding carboxylic acids is 1. The Morgan fingerprint density at radius 1 is 1.17 bits per heavy atom. The molecule has 0 radical (unpaired) electrons. The average molecular weight is 336 g/mol. The molecule has 23 heavy (non-hydrogen) atoms. The molecule has 0 fully saturated rings. The second-order valence-corrected chi connectivity index (χ2v) is 5.62. The van der Waals surface area contributed by atoms with E-state index < -0.39 is 0 Å². The average Bonchev–Trinajstić information content (AvgIpc) is 2.55. The summed E-state index contributed by atoms with van der Waals surface area (Å²) in [6.45, 7) is 0.832. The maximum Gasteiger partial charge on any atom is 0.222 e. The summed E-state index contributed by atoms with van der Waals surface area (Å²) in [4.78, 5) is 13.7. The van der Waals surface area contributed by atoms with Crippen LogP contribution in [-0.4, -0.2) is 31.0 Å². The predicted molar refractivity (Wildman–Crippen MR) is 89.3 cm³/mol. The maximum absolute atomic E-state index is 12.8. The summed E-state index contributed by atoms with van der Waals surface area (Å²) in [6, 6.07) is 13.3. The van der Waals surface area contributed by atoms with Gasteiger partial charge < -0.3 is 9.64 Å². The maximum atomic E-state index is 12.8. The zero-order valence-corrected chi connectivity index (χ0v) is 13.7. The van der Waals surface area contributed by atoms with Gasteiger partial charge in [-0.2, -0.15) is 0 Å². The number of nitrogens with zero attached hydrogens (tertiary/aromatic N) is 1. The molecule has 0 saturated carbocycles. The second-order valence-electron chi connectivity index (χ2n) is 5.21. The van der Waals surface area contributed by atoms with E-state index in [4.69, 9.17) is 16.3 Å². The molecule has 2 aromatic rings. The van der Waals surface area contributed by atoms with Crippen molar-refractivity contribution in [1.82, 2.24) is 4.90 Å². The van der Waals surface area contributed by atoms with Crippen LogP contribution in [0.15, 0.2) is 48.5 Å². The van der Waals surface area contributed by atoms with Gasteiger partial charge in [-0.1, -0.05) is 29.8 Å². The minimum absolute atomic E-state index is 0.0348. The normalized spacial score (nSPS) is 10.4. The van der Waals surface area contributed by atoms with Crippen LogP contribution in [0, 0.1) is 5.82 Å². The van der Waals surface area contributed by atoms with Gasteiger partial charge in [0.15, 0.2) is 0 Å². The number of halogens is 2. The van der Waals surface area contributed by atoms with Crippen molar-refractivity contribution in [3.05, 3.63) is 64.9 Å². The van der Waals surface area contributed by atoms with Gasteiger partial charge in [-0.05, 0) is 42.3 Å². The molecule has 0 aliphatic carbocycles. The summed E-state index contributed by atoms with van der Waals surface area (Å²) in [7, 11) is 1.74. The fourth-order valence-electron chi connectivity index (χ4n) is 2.09. The molecule has 2 aromatic carbocycles. The molecule has 0 heterocycles. The first kappa shape index (κ1) is 17.3. The number of hydrogen-bond acceptors (Lipinski definition) is 2. The molecule has 0 atom stereocenters. The first-order chi connectivity index (χ1) is 11.1. The Labute approximate surface area is 140 Å². The SMILES string of the molecule is CN(CCOc1ccc(F)cc1)C(=O)CCc1ccccc1Cl. The van der Waals surface area contributed by atoms with E-state index >= 15 is 0 Å². The number of aryl methyl sites for hydroxylation is 1. The lowest BCUT2D eigenvalue weighted by Crippen LogP contribution is -2.31. The lowest BCUT2D eigenvalue weighted by Gasteiger charge is -2.17. The standard InChI is InChI=1S/C18H19ClFNO2/c1-21(12-13-23-16-9-7-15(20)8-10-16)18(22)11-6-14-4-2-3-5-17(14)19/h2-5,7-10H,6,11-13H2,1H3. The molecule has 0 spiro atoms. The van der Waals surface area contributed by atoms with Gasteiger partial charge in [0, 0.05) is 18.5 Å². The van der Waals surface area contributed by atoms with Crippen molar-refractivity contribution in [2.24, 2.45) is 0 Å². The summed E-state index contributed by atoms with van der Waals surface area (Å²) >= 11 is 6.08. The highest BCUT2D eigenvalue weighted by Crippen LogP contribution is 2.17. The topological polar surface area (TPSA) is 29.5 Å². The van der Waals surface area contributed by atoms with Gasteiger partial charge in [0.2, 0.25) is 5.91 Å². The van der Waals surface area contributed by atoms with Crippen LogP contribution in [-0.2, 0) is 11.2 Å². The minimum atomic E-state index is -0.302. The van der Waals surface area contributed by atoms with Gasteiger partial charge in [0.05, 0.1) is 6.54 Å². The number of amides is 1. The summed E-state index contributed by atoms with van der Waals surface area (Å²) in [5, 5.41) is 0.683. The molecule has 0 aliphatic heterocycles. The molecule has 1 amide bonds. The number of likely N-dealkylation sites (N-methyl/N-ethyl adjacent to an activating group) is 1. The highest BCUT2D eigenvalue weighted by atomic mass is 35.5. The molecular formula is C18H19ClFNO2. The number of benzene rings is 2. The molecule has 0 N–H and O–H groups in total. The molecule has 2 rings (SSSR count). The summed E-state index contributed by atoms with van der Waals surface area (Å²) in [6.07, 6.45) is 1.01. The third-order valence-electron chi connectivity index (χ3n) is 3.50. The zero-order valence-electron chi connectivity index (χ0n) is 13.0. The number of hydrogen-bond donors (Lipinski definition) is 0. The first-order valence-electron chi connectivity index (χ1n) is 7.42. The Bertz CT molecular complexity index is 646. The molecule has 0 aliphatic rings. The third-order valence-corrected chi connectivity index (χ3v) is 3.87. The van der Waals surface area contributed by atoms with Crippen molar-refractivity contribution in [2.75, 3.05) is 20.2 Å². The quantitative estimate of drug-likeness (QED) is 0.766. The van der Waals surface area contributed by atoms with E-state index in [1.807, 2.05) is 24.3 Å². The highest BCUT2D eigenvalue weighted by Gasteiger charge is 2.10. The van der Waals surface area contributed by atoms with Gasteiger partial charge in [-0.15, -0.1) is 0 Å². The molecule has 0 unspecified atom stereocenters. The van der Waals surface area contributed by atoms with E-state index in [0.29, 0.717) is 36.8 Å². The Morgan fingerprint density at radius 2 is 1.87 bits per heavy atom. The monoisotopic (exact) mass is 335 g/mol. The van der Waals surface area contributed by atoms with Gasteiger partial charge in [0.1, 0.15) is 18.2 Å². The van der Waals surface area contributed by atoms with Crippen LogP contribution in [0.2, 0.25) is 5.02 Å². The van der Waals surface area contributed by atoms with Gasteiger partial charge in [0.25, 0.3) is 0 Å². The highest BCUT2D eigenvalue weighted by molar-refractivity contribution is 6.31. The molecule has 0 bridgehead atoms. The molecule has 5 heteroatoms. The van der Waals surface area contributed by atoms with E-state index in [0.717, 1.165) is 5.56 Å². The fraction of sp³-hybridized carbons (Fsp3) is 0.278. The zero-order chi connectivity index (χ0) is 16.7. The third kappa shape index (κ3) is 5.57. The molecule has 0 saturated heterocycles. The van der Waals surface area contributed by atoms with Crippen molar-refractivity contribution in [2.45, 2.75) is 12.8 Å². The van der Waals surface area contributed by atoms with E-state index in [1.165, 1.54) is 12.1 Å². The minimum Gasteiger partial charge on any atom is -0.492 e. The largest absolute Gasteiger partial charge is 0.492 e.